The van der Waals surface area contributed by atoms with Crippen molar-refractivity contribution >= 4 is 17.8 Å². The molecule has 3 nitrogen and oxygen atoms in total. The molecule has 0 bridgehead atoms. The zero-order chi connectivity index (χ0) is 20.9. The normalized spacial score (nSPS) is 14.0. The van der Waals surface area contributed by atoms with E-state index in [4.69, 9.17) is 0 Å². The van der Waals surface area contributed by atoms with Crippen LogP contribution in [-0.2, 0) is 4.79 Å². The Balaban J connectivity index is 0.000000330. The van der Waals surface area contributed by atoms with E-state index in [2.05, 4.69) is 55.4 Å². The first-order chi connectivity index (χ1) is 13.4. The van der Waals surface area contributed by atoms with Gasteiger partial charge in [-0.15, -0.1) is 0 Å². The number of carbonyl (C=O) groups excluding carboxylic acids is 1. The quantitative estimate of drug-likeness (QED) is 0.414. The molecule has 2 rings (SSSR count). The van der Waals surface area contributed by atoms with E-state index in [-0.39, 0.29) is 5.91 Å². The van der Waals surface area contributed by atoms with Gasteiger partial charge in [0, 0.05) is 29.6 Å². The van der Waals surface area contributed by atoms with Crippen LogP contribution < -0.4 is 5.32 Å². The van der Waals surface area contributed by atoms with Crippen LogP contribution in [0, 0.1) is 6.92 Å². The first-order valence-electron chi connectivity index (χ1n) is 10.3. The molecule has 0 spiro atoms. The van der Waals surface area contributed by atoms with E-state index in [1.54, 1.807) is 0 Å². The van der Waals surface area contributed by atoms with Crippen molar-refractivity contribution in [3.8, 4) is 0 Å². The maximum absolute atomic E-state index is 11.9. The molecule has 0 saturated heterocycles. The molecule has 0 aromatic heterocycles. The molecule has 0 atom stereocenters. The van der Waals surface area contributed by atoms with Crippen molar-refractivity contribution < 1.29 is 4.79 Å². The molecule has 28 heavy (non-hydrogen) atoms. The highest BCUT2D eigenvalue weighted by molar-refractivity contribution is 6.03. The lowest BCUT2D eigenvalue weighted by molar-refractivity contribution is -0.112. The van der Waals surface area contributed by atoms with Crippen LogP contribution in [0.25, 0.3) is 0 Å². The lowest BCUT2D eigenvalue weighted by Crippen LogP contribution is -2.12. The van der Waals surface area contributed by atoms with Crippen LogP contribution >= 0.6 is 0 Å². The number of nitrogens with one attached hydrogen (secondary N) is 1. The number of rotatable bonds is 6. The second-order valence-corrected chi connectivity index (χ2v) is 7.33. The number of hydrogen-bond donors (Lipinski definition) is 1. The van der Waals surface area contributed by atoms with E-state index >= 15 is 0 Å². The highest BCUT2D eigenvalue weighted by atomic mass is 16.1. The summed E-state index contributed by atoms with van der Waals surface area (Å²) in [4.78, 5) is 16.1. The van der Waals surface area contributed by atoms with Gasteiger partial charge >= 0.3 is 0 Å². The second-order valence-electron chi connectivity index (χ2n) is 7.33. The van der Waals surface area contributed by atoms with Gasteiger partial charge in [-0.2, -0.15) is 0 Å². The Morgan fingerprint density at radius 2 is 2.04 bits per heavy atom. The monoisotopic (exact) mass is 380 g/mol. The van der Waals surface area contributed by atoms with E-state index in [1.165, 1.54) is 16.8 Å². The number of aliphatic imine (C=N–C) groups is 1. The summed E-state index contributed by atoms with van der Waals surface area (Å²) in [6, 6.07) is 6.10. The lowest BCUT2D eigenvalue weighted by Gasteiger charge is -2.12. The first-order valence-corrected chi connectivity index (χ1v) is 10.3. The Labute approximate surface area is 171 Å². The minimum Gasteiger partial charge on any atom is -0.322 e. The average molecular weight is 381 g/mol. The van der Waals surface area contributed by atoms with E-state index < -0.39 is 0 Å². The minimum absolute atomic E-state index is 0.0199. The Hall–Kier alpha value is -2.42. The Morgan fingerprint density at radius 3 is 2.57 bits per heavy atom. The summed E-state index contributed by atoms with van der Waals surface area (Å²) in [5.41, 5.74) is 5.40. The van der Waals surface area contributed by atoms with Crippen LogP contribution in [0.1, 0.15) is 77.3 Å². The van der Waals surface area contributed by atoms with Crippen molar-refractivity contribution in [3.63, 3.8) is 0 Å². The summed E-state index contributed by atoms with van der Waals surface area (Å²) in [7, 11) is 0. The molecular weight excluding hydrogens is 344 g/mol. The number of aryl methyl sites for hydroxylation is 1. The van der Waals surface area contributed by atoms with E-state index in [0.717, 1.165) is 36.9 Å². The molecule has 1 N–H and O–H groups in total. The van der Waals surface area contributed by atoms with Gasteiger partial charge in [-0.1, -0.05) is 51.1 Å². The molecule has 0 aliphatic carbocycles. The zero-order valence-corrected chi connectivity index (χ0v) is 18.4. The van der Waals surface area contributed by atoms with Crippen LogP contribution in [0.3, 0.4) is 0 Å². The SMILES string of the molecule is C/C=C\CC1=CCCC=N1.CC/C=C(\C)C(=O)Nc1ccc(C(C)C)c(C)c1. The van der Waals surface area contributed by atoms with Crippen LogP contribution in [-0.4, -0.2) is 12.1 Å². The summed E-state index contributed by atoms with van der Waals surface area (Å²) in [6.07, 6.45) is 14.5. The highest BCUT2D eigenvalue weighted by Gasteiger charge is 2.07. The fourth-order valence-electron chi connectivity index (χ4n) is 2.96. The zero-order valence-electron chi connectivity index (χ0n) is 18.4. The van der Waals surface area contributed by atoms with Crippen LogP contribution in [0.15, 0.2) is 58.8 Å². The molecule has 1 aromatic carbocycles. The maximum Gasteiger partial charge on any atom is 0.250 e. The van der Waals surface area contributed by atoms with Gasteiger partial charge in [0.15, 0.2) is 0 Å². The molecule has 1 aliphatic heterocycles. The number of hydrogen-bond acceptors (Lipinski definition) is 2. The number of nitrogens with zero attached hydrogens (tertiary/aromatic N) is 1. The third-order valence-corrected chi connectivity index (χ3v) is 4.51. The van der Waals surface area contributed by atoms with Crippen molar-refractivity contribution in [1.82, 2.24) is 0 Å². The van der Waals surface area contributed by atoms with E-state index in [0.29, 0.717) is 5.92 Å². The molecule has 3 heteroatoms. The van der Waals surface area contributed by atoms with Gasteiger partial charge < -0.3 is 5.32 Å². The first kappa shape index (κ1) is 23.6. The van der Waals surface area contributed by atoms with Crippen molar-refractivity contribution in [2.24, 2.45) is 4.99 Å². The maximum atomic E-state index is 11.9. The predicted octanol–water partition coefficient (Wildman–Crippen LogP) is 7.11. The molecular formula is C25H36N2O. The molecule has 1 amide bonds. The van der Waals surface area contributed by atoms with Crippen molar-refractivity contribution in [1.29, 1.82) is 0 Å². The number of anilines is 1. The van der Waals surface area contributed by atoms with Crippen molar-refractivity contribution in [3.05, 3.63) is 64.9 Å². The summed E-state index contributed by atoms with van der Waals surface area (Å²) in [6.45, 7) is 12.3. The topological polar surface area (TPSA) is 41.5 Å². The summed E-state index contributed by atoms with van der Waals surface area (Å²) in [5, 5.41) is 2.93. The Morgan fingerprint density at radius 1 is 1.29 bits per heavy atom. The number of benzene rings is 1. The molecule has 152 valence electrons. The van der Waals surface area contributed by atoms with Crippen molar-refractivity contribution in [2.75, 3.05) is 5.32 Å². The summed E-state index contributed by atoms with van der Waals surface area (Å²) < 4.78 is 0. The average Bonchev–Trinajstić information content (AvgIpc) is 2.67. The predicted molar refractivity (Wildman–Crippen MR) is 123 cm³/mol. The van der Waals surface area contributed by atoms with Gasteiger partial charge in [-0.25, -0.2) is 0 Å². The van der Waals surface area contributed by atoms with E-state index in [1.807, 2.05) is 45.2 Å². The third-order valence-electron chi connectivity index (χ3n) is 4.51. The molecule has 1 aromatic rings. The highest BCUT2D eigenvalue weighted by Crippen LogP contribution is 2.22. The van der Waals surface area contributed by atoms with E-state index in [9.17, 15) is 4.79 Å². The van der Waals surface area contributed by atoms with Gasteiger partial charge in [0.1, 0.15) is 0 Å². The van der Waals surface area contributed by atoms with Crippen LogP contribution in [0.4, 0.5) is 5.69 Å². The van der Waals surface area contributed by atoms with Gasteiger partial charge in [-0.05, 0) is 69.2 Å². The van der Waals surface area contributed by atoms with Crippen LogP contribution in [0.2, 0.25) is 0 Å². The van der Waals surface area contributed by atoms with Crippen LogP contribution in [0.5, 0.6) is 0 Å². The molecule has 1 heterocycles. The molecule has 0 saturated carbocycles. The minimum atomic E-state index is -0.0199. The molecule has 0 unspecified atom stereocenters. The molecule has 0 radical (unpaired) electrons. The van der Waals surface area contributed by atoms with Gasteiger partial charge in [-0.3, -0.25) is 9.79 Å². The summed E-state index contributed by atoms with van der Waals surface area (Å²) >= 11 is 0. The number of amides is 1. The molecule has 0 fully saturated rings. The fourth-order valence-corrected chi connectivity index (χ4v) is 2.96. The van der Waals surface area contributed by atoms with Gasteiger partial charge in [0.25, 0.3) is 5.91 Å². The second kappa shape index (κ2) is 12.9. The smallest absolute Gasteiger partial charge is 0.250 e. The Kier molecular flexibility index (Phi) is 10.9. The Bertz CT molecular complexity index is 752. The largest absolute Gasteiger partial charge is 0.322 e. The van der Waals surface area contributed by atoms with Gasteiger partial charge in [0.05, 0.1) is 0 Å². The number of allylic oxidation sites excluding steroid dienone is 4. The summed E-state index contributed by atoms with van der Waals surface area (Å²) in [5.74, 6) is 0.491. The lowest BCUT2D eigenvalue weighted by atomic mass is 9.97. The van der Waals surface area contributed by atoms with Crippen molar-refractivity contribution in [2.45, 2.75) is 73.1 Å². The third kappa shape index (κ3) is 8.51. The number of carbonyl (C=O) groups is 1. The molecule has 1 aliphatic rings. The standard InChI is InChI=1S/C16H23NO.C9H13N/c1-6-7-12(4)16(18)17-14-8-9-15(11(2)3)13(5)10-14;1-2-3-6-9-7-4-5-8-10-9/h7-11H,6H2,1-5H3,(H,17,18);2-3,7-8H,4-6H2,1H3/b12-7+;3-2-. The fraction of sp³-hybridized carbons (Fsp3) is 0.440. The van der Waals surface area contributed by atoms with Gasteiger partial charge in [0.2, 0.25) is 0 Å².